The van der Waals surface area contributed by atoms with Gasteiger partial charge in [0.1, 0.15) is 24.2 Å². The fourth-order valence-electron chi connectivity index (χ4n) is 4.28. The summed E-state index contributed by atoms with van der Waals surface area (Å²) in [6.45, 7) is 8.46. The van der Waals surface area contributed by atoms with E-state index < -0.39 is 42.1 Å². The van der Waals surface area contributed by atoms with Gasteiger partial charge >= 0.3 is 6.09 Å². The van der Waals surface area contributed by atoms with Gasteiger partial charge < -0.3 is 20.3 Å². The Kier molecular flexibility index (Phi) is 10.5. The summed E-state index contributed by atoms with van der Waals surface area (Å²) in [6, 6.07) is 21.2. The van der Waals surface area contributed by atoms with Gasteiger partial charge in [0.2, 0.25) is 5.91 Å². The zero-order chi connectivity index (χ0) is 30.2. The molecule has 3 amide bonds. The highest BCUT2D eigenvalue weighted by molar-refractivity contribution is 6.34. The summed E-state index contributed by atoms with van der Waals surface area (Å²) in [5.74, 6) is -1.16. The van der Waals surface area contributed by atoms with Crippen molar-refractivity contribution in [2.75, 3.05) is 11.9 Å². The van der Waals surface area contributed by atoms with Crippen LogP contribution in [0.15, 0.2) is 72.8 Å². The third-order valence-corrected chi connectivity index (χ3v) is 6.53. The molecule has 0 fully saturated rings. The van der Waals surface area contributed by atoms with Crippen LogP contribution >= 0.6 is 11.6 Å². The molecule has 0 saturated carbocycles. The van der Waals surface area contributed by atoms with Crippen LogP contribution in [0, 0.1) is 25.2 Å². The molecule has 41 heavy (non-hydrogen) atoms. The predicted octanol–water partition coefficient (Wildman–Crippen LogP) is 6.12. The number of carbonyl (C=O) groups is 3. The van der Waals surface area contributed by atoms with E-state index in [4.69, 9.17) is 16.3 Å². The standard InChI is InChI=1S/C32H35ClN4O4/c1-21-14-16-24(17-15-21)28(29(38)36-27-22(2)10-9-13-25(27)33)37(19-18-34)30(39)26(20-23-11-7-6-8-12-23)35-31(40)41-32(3,4)5/h6-17,26,28H,19-20H2,1-5H3,(H,35,40)(H,36,38). The number of aryl methyl sites for hydroxylation is 2. The molecule has 2 unspecified atom stereocenters. The Morgan fingerprint density at radius 2 is 1.63 bits per heavy atom. The maximum Gasteiger partial charge on any atom is 0.408 e. The number of halogens is 1. The van der Waals surface area contributed by atoms with Gasteiger partial charge in [0.15, 0.2) is 0 Å². The van der Waals surface area contributed by atoms with E-state index in [9.17, 15) is 19.6 Å². The Balaban J connectivity index is 2.06. The van der Waals surface area contributed by atoms with E-state index in [-0.39, 0.29) is 6.42 Å². The van der Waals surface area contributed by atoms with Gasteiger partial charge in [-0.1, -0.05) is 83.9 Å². The van der Waals surface area contributed by atoms with Crippen molar-refractivity contribution < 1.29 is 19.1 Å². The first-order valence-corrected chi connectivity index (χ1v) is 13.6. The molecule has 0 aliphatic heterocycles. The molecule has 2 N–H and O–H groups in total. The lowest BCUT2D eigenvalue weighted by Crippen LogP contribution is -2.53. The lowest BCUT2D eigenvalue weighted by Gasteiger charge is -2.33. The summed E-state index contributed by atoms with van der Waals surface area (Å²) < 4.78 is 5.43. The number of ether oxygens (including phenoxy) is 1. The molecule has 9 heteroatoms. The molecule has 3 rings (SSSR count). The Hall–Kier alpha value is -4.35. The molecule has 0 aliphatic rings. The quantitative estimate of drug-likeness (QED) is 0.299. The van der Waals surface area contributed by atoms with Crippen LogP contribution in [-0.4, -0.2) is 41.0 Å². The second kappa shape index (κ2) is 13.8. The third kappa shape index (κ3) is 8.82. The number of rotatable bonds is 9. The first-order valence-electron chi connectivity index (χ1n) is 13.2. The number of anilines is 1. The number of nitriles is 1. The number of alkyl carbamates (subject to hydrolysis) is 1. The lowest BCUT2D eigenvalue weighted by molar-refractivity contribution is -0.140. The zero-order valence-electron chi connectivity index (χ0n) is 23.9. The van der Waals surface area contributed by atoms with Crippen LogP contribution in [0.1, 0.15) is 49.1 Å². The van der Waals surface area contributed by atoms with E-state index >= 15 is 0 Å². The number of hydrogen-bond acceptors (Lipinski definition) is 5. The molecule has 0 saturated heterocycles. The van der Waals surface area contributed by atoms with Crippen LogP contribution in [0.5, 0.6) is 0 Å². The molecule has 0 bridgehead atoms. The van der Waals surface area contributed by atoms with Crippen molar-refractivity contribution in [2.45, 2.75) is 58.7 Å². The summed E-state index contributed by atoms with van der Waals surface area (Å²) >= 11 is 6.39. The molecule has 3 aromatic carbocycles. The van der Waals surface area contributed by atoms with Crippen molar-refractivity contribution in [2.24, 2.45) is 0 Å². The topological polar surface area (TPSA) is 112 Å². The second-order valence-electron chi connectivity index (χ2n) is 10.7. The van der Waals surface area contributed by atoms with E-state index in [0.29, 0.717) is 16.3 Å². The Bertz CT molecular complexity index is 1390. The first kappa shape index (κ1) is 31.2. The Labute approximate surface area is 246 Å². The summed E-state index contributed by atoms with van der Waals surface area (Å²) in [5.41, 5.74) is 2.59. The lowest BCUT2D eigenvalue weighted by atomic mass is 9.99. The maximum absolute atomic E-state index is 14.2. The van der Waals surface area contributed by atoms with Crippen molar-refractivity contribution in [3.8, 4) is 6.07 Å². The molecule has 0 radical (unpaired) electrons. The van der Waals surface area contributed by atoms with Crippen molar-refractivity contribution in [3.63, 3.8) is 0 Å². The van der Waals surface area contributed by atoms with Crippen LogP contribution in [0.4, 0.5) is 10.5 Å². The normalized spacial score (nSPS) is 12.4. The molecular formula is C32H35ClN4O4. The summed E-state index contributed by atoms with van der Waals surface area (Å²) in [5, 5.41) is 15.7. The van der Waals surface area contributed by atoms with Gasteiger partial charge in [-0.15, -0.1) is 0 Å². The fraction of sp³-hybridized carbons (Fsp3) is 0.312. The van der Waals surface area contributed by atoms with Gasteiger partial charge in [-0.2, -0.15) is 5.26 Å². The summed E-state index contributed by atoms with van der Waals surface area (Å²) in [7, 11) is 0. The molecule has 0 aliphatic carbocycles. The molecule has 8 nitrogen and oxygen atoms in total. The van der Waals surface area contributed by atoms with Crippen molar-refractivity contribution in [3.05, 3.63) is 100 Å². The maximum atomic E-state index is 14.2. The highest BCUT2D eigenvalue weighted by Gasteiger charge is 2.36. The molecule has 214 valence electrons. The average molecular weight is 575 g/mol. The third-order valence-electron chi connectivity index (χ3n) is 6.22. The Morgan fingerprint density at radius 1 is 0.976 bits per heavy atom. The monoisotopic (exact) mass is 574 g/mol. The SMILES string of the molecule is Cc1ccc(C(C(=O)Nc2c(C)cccc2Cl)N(CC#N)C(=O)C(Cc2ccccc2)NC(=O)OC(C)(C)C)cc1. The molecular weight excluding hydrogens is 540 g/mol. The first-order chi connectivity index (χ1) is 19.4. The molecule has 0 spiro atoms. The molecule has 2 atom stereocenters. The number of nitrogens with zero attached hydrogens (tertiary/aromatic N) is 2. The van der Waals surface area contributed by atoms with Crippen molar-refractivity contribution in [1.82, 2.24) is 10.2 Å². The van der Waals surface area contributed by atoms with Gasteiger partial charge in [-0.25, -0.2) is 4.79 Å². The minimum Gasteiger partial charge on any atom is -0.444 e. The number of nitrogens with one attached hydrogen (secondary N) is 2. The molecule has 0 aromatic heterocycles. The second-order valence-corrected chi connectivity index (χ2v) is 11.2. The van der Waals surface area contributed by atoms with Gasteiger partial charge in [-0.3, -0.25) is 9.59 Å². The number of hydrogen-bond donors (Lipinski definition) is 2. The minimum atomic E-state index is -1.20. The van der Waals surface area contributed by atoms with Gasteiger partial charge in [0, 0.05) is 6.42 Å². The highest BCUT2D eigenvalue weighted by atomic mass is 35.5. The van der Waals surface area contributed by atoms with E-state index in [1.807, 2.05) is 55.5 Å². The Morgan fingerprint density at radius 3 is 2.22 bits per heavy atom. The van der Waals surface area contributed by atoms with Crippen LogP contribution < -0.4 is 10.6 Å². The van der Waals surface area contributed by atoms with Gasteiger partial charge in [0.25, 0.3) is 5.91 Å². The number of carbonyl (C=O) groups excluding carboxylic acids is 3. The summed E-state index contributed by atoms with van der Waals surface area (Å²) in [6.07, 6.45) is -0.668. The minimum absolute atomic E-state index is 0.118. The van der Waals surface area contributed by atoms with Gasteiger partial charge in [0.05, 0.1) is 16.8 Å². The van der Waals surface area contributed by atoms with Gasteiger partial charge in [-0.05, 0) is 57.4 Å². The summed E-state index contributed by atoms with van der Waals surface area (Å²) in [4.78, 5) is 42.1. The van der Waals surface area contributed by atoms with Crippen LogP contribution in [-0.2, 0) is 20.7 Å². The van der Waals surface area contributed by atoms with Crippen LogP contribution in [0.25, 0.3) is 0 Å². The number of amides is 3. The molecule has 0 heterocycles. The molecule has 3 aromatic rings. The fourth-order valence-corrected chi connectivity index (χ4v) is 4.54. The van der Waals surface area contributed by atoms with Crippen molar-refractivity contribution >= 4 is 35.2 Å². The van der Waals surface area contributed by atoms with Crippen LogP contribution in [0.3, 0.4) is 0 Å². The number of benzene rings is 3. The van der Waals surface area contributed by atoms with E-state index in [2.05, 4.69) is 10.6 Å². The highest BCUT2D eigenvalue weighted by Crippen LogP contribution is 2.29. The average Bonchev–Trinajstić information content (AvgIpc) is 2.90. The van der Waals surface area contributed by atoms with Crippen molar-refractivity contribution in [1.29, 1.82) is 5.26 Å². The van der Waals surface area contributed by atoms with E-state index in [1.165, 1.54) is 4.90 Å². The van der Waals surface area contributed by atoms with E-state index in [1.54, 1.807) is 58.0 Å². The number of para-hydroxylation sites is 1. The smallest absolute Gasteiger partial charge is 0.408 e. The predicted molar refractivity (Wildman–Crippen MR) is 159 cm³/mol. The largest absolute Gasteiger partial charge is 0.444 e. The zero-order valence-corrected chi connectivity index (χ0v) is 24.7. The van der Waals surface area contributed by atoms with Crippen LogP contribution in [0.2, 0.25) is 5.02 Å². The van der Waals surface area contributed by atoms with E-state index in [0.717, 1.165) is 16.7 Å².